The van der Waals surface area contributed by atoms with E-state index in [4.69, 9.17) is 0 Å². The van der Waals surface area contributed by atoms with Gasteiger partial charge in [0.25, 0.3) is 0 Å². The van der Waals surface area contributed by atoms with Gasteiger partial charge in [-0.3, -0.25) is 0 Å². The number of hydrogen-bond acceptors (Lipinski definition) is 3. The molecule has 3 nitrogen and oxygen atoms in total. The van der Waals surface area contributed by atoms with E-state index in [-0.39, 0.29) is 5.56 Å². The first-order valence-corrected chi connectivity index (χ1v) is 6.77. The molecule has 10 heteroatoms. The van der Waals surface area contributed by atoms with Gasteiger partial charge in [-0.05, 0) is 31.5 Å². The number of rotatable bonds is 3. The summed E-state index contributed by atoms with van der Waals surface area (Å²) in [5.74, 6) is -0.728. The van der Waals surface area contributed by atoms with Gasteiger partial charge in [-0.15, -0.1) is 0 Å². The maximum absolute atomic E-state index is 12.8. The molecular weight excluding hydrogens is 326 g/mol. The lowest BCUT2D eigenvalue weighted by Gasteiger charge is -2.28. The van der Waals surface area contributed by atoms with Crippen LogP contribution >= 0.6 is 0 Å². The van der Waals surface area contributed by atoms with Crippen LogP contribution in [0.15, 0.2) is 24.3 Å². The van der Waals surface area contributed by atoms with E-state index in [9.17, 15) is 34.8 Å². The van der Waals surface area contributed by atoms with E-state index < -0.39 is 33.0 Å². The second-order valence-corrected chi connectivity index (χ2v) is 6.17. The normalized spacial score (nSPS) is 14.1. The second kappa shape index (κ2) is 5.08. The van der Waals surface area contributed by atoms with Gasteiger partial charge >= 0.3 is 21.8 Å². The lowest BCUT2D eigenvalue weighted by molar-refractivity contribution is -0.180. The molecule has 0 radical (unpaired) electrons. The van der Waals surface area contributed by atoms with E-state index in [0.717, 1.165) is 38.1 Å². The Labute approximate surface area is 116 Å². The van der Waals surface area contributed by atoms with Gasteiger partial charge in [-0.2, -0.15) is 34.8 Å². The molecule has 0 bridgehead atoms. The number of hydrogen-bond donors (Lipinski definition) is 0. The molecule has 21 heavy (non-hydrogen) atoms. The summed E-state index contributed by atoms with van der Waals surface area (Å²) in [6.07, 6.45) is -4.58. The molecule has 0 aromatic heterocycles. The summed E-state index contributed by atoms with van der Waals surface area (Å²) in [7, 11) is -5.85. The van der Waals surface area contributed by atoms with Crippen molar-refractivity contribution in [1.29, 1.82) is 0 Å². The van der Waals surface area contributed by atoms with Crippen LogP contribution in [0.4, 0.5) is 26.3 Å². The molecule has 0 saturated heterocycles. The first-order chi connectivity index (χ1) is 9.18. The molecule has 1 rings (SSSR count). The standard InChI is InChI=1S/C11H10F6O3S/c1-9(2,10(12,13)14)7-3-5-8(6-4-7)20-21(18,19)11(15,16)17/h3-6H,1-2H3. The third-order valence-corrected chi connectivity index (χ3v) is 3.75. The molecule has 1 aromatic carbocycles. The molecular formula is C11H10F6O3S. The molecule has 0 aliphatic carbocycles. The molecule has 0 aliphatic rings. The molecule has 0 fully saturated rings. The van der Waals surface area contributed by atoms with Crippen LogP contribution in [0.25, 0.3) is 0 Å². The minimum Gasteiger partial charge on any atom is -0.376 e. The summed E-state index contributed by atoms with van der Waals surface area (Å²) in [5.41, 5.74) is -8.10. The highest BCUT2D eigenvalue weighted by Gasteiger charge is 2.49. The zero-order valence-electron chi connectivity index (χ0n) is 10.7. The monoisotopic (exact) mass is 336 g/mol. The Morgan fingerprint density at radius 3 is 1.67 bits per heavy atom. The predicted molar refractivity (Wildman–Crippen MR) is 61.1 cm³/mol. The lowest BCUT2D eigenvalue weighted by atomic mass is 9.84. The van der Waals surface area contributed by atoms with Crippen LogP contribution < -0.4 is 4.18 Å². The molecule has 0 aliphatic heterocycles. The third kappa shape index (κ3) is 3.60. The number of halogens is 6. The van der Waals surface area contributed by atoms with Crippen molar-refractivity contribution in [3.05, 3.63) is 29.8 Å². The predicted octanol–water partition coefficient (Wildman–Crippen LogP) is 3.75. The minimum absolute atomic E-state index is 0.244. The van der Waals surface area contributed by atoms with Crippen LogP contribution in [0.1, 0.15) is 19.4 Å². The van der Waals surface area contributed by atoms with Crippen molar-refractivity contribution in [2.24, 2.45) is 0 Å². The summed E-state index contributed by atoms with van der Waals surface area (Å²) < 4.78 is 99.8. The second-order valence-electron chi connectivity index (χ2n) is 4.63. The fourth-order valence-corrected chi connectivity index (χ4v) is 1.72. The van der Waals surface area contributed by atoms with Crippen LogP contribution in [0.3, 0.4) is 0 Å². The van der Waals surface area contributed by atoms with Gasteiger partial charge in [-0.25, -0.2) is 0 Å². The highest BCUT2D eigenvalue weighted by molar-refractivity contribution is 7.87. The summed E-state index contributed by atoms with van der Waals surface area (Å²) in [5, 5.41) is 0. The summed E-state index contributed by atoms with van der Waals surface area (Å²) in [4.78, 5) is 0. The van der Waals surface area contributed by atoms with Crippen molar-refractivity contribution in [3.63, 3.8) is 0 Å². The Hall–Kier alpha value is -1.45. The first-order valence-electron chi connectivity index (χ1n) is 5.36. The zero-order chi connectivity index (χ0) is 16.7. The molecule has 1 aromatic rings. The molecule has 0 atom stereocenters. The maximum atomic E-state index is 12.8. The molecule has 120 valence electrons. The van der Waals surface area contributed by atoms with Crippen molar-refractivity contribution in [3.8, 4) is 5.75 Å². The van der Waals surface area contributed by atoms with E-state index in [0.29, 0.717) is 0 Å². The average molecular weight is 336 g/mol. The smallest absolute Gasteiger partial charge is 0.376 e. The molecule has 0 amide bonds. The SMILES string of the molecule is CC(C)(c1ccc(OS(=O)(=O)C(F)(F)F)cc1)C(F)(F)F. The molecule has 0 unspecified atom stereocenters. The lowest BCUT2D eigenvalue weighted by Crippen LogP contribution is -2.36. The summed E-state index contributed by atoms with van der Waals surface area (Å²) in [6.45, 7) is 1.77. The molecule has 0 N–H and O–H groups in total. The fourth-order valence-electron chi connectivity index (χ4n) is 1.26. The van der Waals surface area contributed by atoms with Gasteiger partial charge in [0.1, 0.15) is 5.75 Å². The maximum Gasteiger partial charge on any atom is 0.534 e. The Kier molecular flexibility index (Phi) is 4.25. The van der Waals surface area contributed by atoms with Gasteiger partial charge in [0.2, 0.25) is 0 Å². The van der Waals surface area contributed by atoms with Gasteiger partial charge in [-0.1, -0.05) is 12.1 Å². The van der Waals surface area contributed by atoms with Crippen LogP contribution in [-0.2, 0) is 15.5 Å². The number of benzene rings is 1. The van der Waals surface area contributed by atoms with Gasteiger partial charge in [0.05, 0.1) is 5.41 Å². The first kappa shape index (κ1) is 17.6. The number of alkyl halides is 6. The van der Waals surface area contributed by atoms with Crippen LogP contribution in [0.5, 0.6) is 5.75 Å². The molecule has 0 heterocycles. The van der Waals surface area contributed by atoms with E-state index in [1.165, 1.54) is 0 Å². The highest BCUT2D eigenvalue weighted by Crippen LogP contribution is 2.40. The molecule has 0 saturated carbocycles. The van der Waals surface area contributed by atoms with Gasteiger partial charge in [0.15, 0.2) is 0 Å². The van der Waals surface area contributed by atoms with E-state index in [1.807, 2.05) is 0 Å². The highest BCUT2D eigenvalue weighted by atomic mass is 32.2. The van der Waals surface area contributed by atoms with Crippen LogP contribution in [-0.4, -0.2) is 20.1 Å². The fraction of sp³-hybridized carbons (Fsp3) is 0.455. The van der Waals surface area contributed by atoms with E-state index in [2.05, 4.69) is 4.18 Å². The van der Waals surface area contributed by atoms with Crippen molar-refractivity contribution in [1.82, 2.24) is 0 Å². The quantitative estimate of drug-likeness (QED) is 0.480. The Balaban J connectivity index is 3.06. The van der Waals surface area contributed by atoms with Crippen LogP contribution in [0, 0.1) is 0 Å². The summed E-state index contributed by atoms with van der Waals surface area (Å²) >= 11 is 0. The zero-order valence-corrected chi connectivity index (χ0v) is 11.5. The topological polar surface area (TPSA) is 43.4 Å². The van der Waals surface area contributed by atoms with Crippen molar-refractivity contribution < 1.29 is 38.9 Å². The molecule has 0 spiro atoms. The van der Waals surface area contributed by atoms with Crippen molar-refractivity contribution >= 4 is 10.1 Å². The van der Waals surface area contributed by atoms with Crippen molar-refractivity contribution in [2.45, 2.75) is 30.9 Å². The van der Waals surface area contributed by atoms with Gasteiger partial charge in [0, 0.05) is 0 Å². The third-order valence-electron chi connectivity index (χ3n) is 2.77. The minimum atomic E-state index is -5.85. The van der Waals surface area contributed by atoms with Crippen molar-refractivity contribution in [2.75, 3.05) is 0 Å². The van der Waals surface area contributed by atoms with E-state index >= 15 is 0 Å². The van der Waals surface area contributed by atoms with Crippen LogP contribution in [0.2, 0.25) is 0 Å². The largest absolute Gasteiger partial charge is 0.534 e. The summed E-state index contributed by atoms with van der Waals surface area (Å²) in [6, 6.07) is 3.17. The van der Waals surface area contributed by atoms with Gasteiger partial charge < -0.3 is 4.18 Å². The average Bonchev–Trinajstić information content (AvgIpc) is 2.26. The van der Waals surface area contributed by atoms with E-state index in [1.54, 1.807) is 0 Å². The Bertz CT molecular complexity index is 598. The Morgan fingerprint density at radius 2 is 1.33 bits per heavy atom. The Morgan fingerprint density at radius 1 is 0.905 bits per heavy atom.